The quantitative estimate of drug-likeness (QED) is 0.182. The number of aryl methyl sites for hydroxylation is 1. The number of esters is 2. The van der Waals surface area contributed by atoms with Gasteiger partial charge in [-0.1, -0.05) is 68.7 Å². The molecule has 0 saturated heterocycles. The van der Waals surface area contributed by atoms with Crippen molar-refractivity contribution in [1.82, 2.24) is 4.31 Å². The van der Waals surface area contributed by atoms with E-state index < -0.39 is 22.0 Å². The van der Waals surface area contributed by atoms with Crippen LogP contribution in [0.4, 0.5) is 0 Å². The Morgan fingerprint density at radius 3 is 2.22 bits per heavy atom. The fraction of sp³-hybridized carbons (Fsp3) is 0.429. The molecule has 196 valence electrons. The molecule has 2 aromatic rings. The number of ether oxygens (including phenoxy) is 2. The number of nitrogens with zero attached hydrogens (tertiary/aromatic N) is 1. The maximum absolute atomic E-state index is 13.5. The Kier molecular flexibility index (Phi) is 12.4. The second-order valence-electron chi connectivity index (χ2n) is 8.53. The molecule has 2 aromatic carbocycles. The van der Waals surface area contributed by atoms with Gasteiger partial charge in [0, 0.05) is 19.2 Å². The average molecular weight is 516 g/mol. The molecule has 0 N–H and O–H groups in total. The zero-order valence-electron chi connectivity index (χ0n) is 21.4. The van der Waals surface area contributed by atoms with E-state index in [1.165, 1.54) is 10.4 Å². The van der Waals surface area contributed by atoms with Gasteiger partial charge < -0.3 is 9.47 Å². The van der Waals surface area contributed by atoms with Crippen molar-refractivity contribution >= 4 is 28.0 Å². The second kappa shape index (κ2) is 15.2. The SMILES string of the molecule is CCCCOC(=O)/C=C/c1ccccc1CN(CCC(=O)OCCCC)S(=O)(=O)c1ccc(C)cc1. The highest BCUT2D eigenvalue weighted by Crippen LogP contribution is 2.22. The van der Waals surface area contributed by atoms with Crippen LogP contribution in [0, 0.1) is 6.92 Å². The third kappa shape index (κ3) is 9.59. The predicted octanol–water partition coefficient (Wildman–Crippen LogP) is 5.28. The number of rotatable bonds is 15. The van der Waals surface area contributed by atoms with Gasteiger partial charge >= 0.3 is 11.9 Å². The molecule has 0 aliphatic heterocycles. The minimum atomic E-state index is -3.89. The van der Waals surface area contributed by atoms with E-state index in [-0.39, 0.29) is 24.4 Å². The maximum atomic E-state index is 13.5. The summed E-state index contributed by atoms with van der Waals surface area (Å²) in [6.45, 7) is 6.58. The molecule has 0 bridgehead atoms. The molecule has 0 heterocycles. The molecule has 36 heavy (non-hydrogen) atoms. The standard InChI is InChI=1S/C28H37NO6S/c1-4-6-20-34-27(30)17-14-24-10-8-9-11-25(24)22-29(19-18-28(31)35-21-7-5-2)36(32,33)26-15-12-23(3)13-16-26/h8-17H,4-7,18-22H2,1-3H3/b17-14+. The van der Waals surface area contributed by atoms with Crippen molar-refractivity contribution in [3.8, 4) is 0 Å². The highest BCUT2D eigenvalue weighted by molar-refractivity contribution is 7.89. The van der Waals surface area contributed by atoms with Gasteiger partial charge in [0.1, 0.15) is 0 Å². The number of hydrogen-bond donors (Lipinski definition) is 0. The monoisotopic (exact) mass is 515 g/mol. The zero-order valence-corrected chi connectivity index (χ0v) is 22.3. The molecular formula is C28H37NO6S. The summed E-state index contributed by atoms with van der Waals surface area (Å²) in [6.07, 6.45) is 6.30. The van der Waals surface area contributed by atoms with E-state index in [1.54, 1.807) is 42.5 Å². The summed E-state index contributed by atoms with van der Waals surface area (Å²) in [7, 11) is -3.89. The molecular weight excluding hydrogens is 478 g/mol. The van der Waals surface area contributed by atoms with Crippen molar-refractivity contribution in [3.63, 3.8) is 0 Å². The lowest BCUT2D eigenvalue weighted by Crippen LogP contribution is -2.33. The molecule has 0 aliphatic rings. The molecule has 8 heteroatoms. The minimum Gasteiger partial charge on any atom is -0.466 e. The van der Waals surface area contributed by atoms with Crippen molar-refractivity contribution in [2.45, 2.75) is 64.3 Å². The first-order valence-electron chi connectivity index (χ1n) is 12.4. The molecule has 2 rings (SSSR count). The van der Waals surface area contributed by atoms with Gasteiger partial charge in [0.2, 0.25) is 10.0 Å². The topological polar surface area (TPSA) is 90.0 Å². The predicted molar refractivity (Wildman–Crippen MR) is 141 cm³/mol. The van der Waals surface area contributed by atoms with Crippen LogP contribution in [0.5, 0.6) is 0 Å². The lowest BCUT2D eigenvalue weighted by Gasteiger charge is -2.23. The maximum Gasteiger partial charge on any atom is 0.330 e. The highest BCUT2D eigenvalue weighted by Gasteiger charge is 2.26. The summed E-state index contributed by atoms with van der Waals surface area (Å²) in [6, 6.07) is 13.8. The van der Waals surface area contributed by atoms with Crippen LogP contribution < -0.4 is 0 Å². The van der Waals surface area contributed by atoms with Gasteiger partial charge in [-0.05, 0) is 49.1 Å². The van der Waals surface area contributed by atoms with Crippen molar-refractivity contribution in [2.24, 2.45) is 0 Å². The van der Waals surface area contributed by atoms with Crippen LogP contribution in [-0.2, 0) is 35.6 Å². The van der Waals surface area contributed by atoms with Crippen LogP contribution in [0.2, 0.25) is 0 Å². The van der Waals surface area contributed by atoms with Crippen LogP contribution in [0.15, 0.2) is 59.5 Å². The zero-order chi connectivity index (χ0) is 26.4. The van der Waals surface area contributed by atoms with E-state index in [9.17, 15) is 18.0 Å². The van der Waals surface area contributed by atoms with Gasteiger partial charge in [0.05, 0.1) is 24.5 Å². The Bertz CT molecular complexity index is 1110. The fourth-order valence-corrected chi connectivity index (χ4v) is 4.73. The fourth-order valence-electron chi connectivity index (χ4n) is 3.32. The summed E-state index contributed by atoms with van der Waals surface area (Å²) in [4.78, 5) is 24.4. The van der Waals surface area contributed by atoms with Crippen LogP contribution in [0.25, 0.3) is 6.08 Å². The third-order valence-electron chi connectivity index (χ3n) is 5.53. The van der Waals surface area contributed by atoms with E-state index in [0.717, 1.165) is 31.2 Å². The minimum absolute atomic E-state index is 0.0295. The average Bonchev–Trinajstić information content (AvgIpc) is 2.86. The molecule has 0 spiro atoms. The second-order valence-corrected chi connectivity index (χ2v) is 10.5. The Morgan fingerprint density at radius 1 is 0.917 bits per heavy atom. The molecule has 7 nitrogen and oxygen atoms in total. The first kappa shape index (κ1) is 29.3. The van der Waals surface area contributed by atoms with Crippen LogP contribution in [-0.4, -0.2) is 44.4 Å². The summed E-state index contributed by atoms with van der Waals surface area (Å²) in [5.74, 6) is -0.882. The number of hydrogen-bond acceptors (Lipinski definition) is 6. The number of unbranched alkanes of at least 4 members (excludes halogenated alkanes) is 2. The van der Waals surface area contributed by atoms with Gasteiger partial charge in [-0.25, -0.2) is 13.2 Å². The number of carbonyl (C=O) groups excluding carboxylic acids is 2. The first-order valence-corrected chi connectivity index (χ1v) is 13.9. The molecule has 0 amide bonds. The molecule has 0 aliphatic carbocycles. The van der Waals surface area contributed by atoms with Crippen LogP contribution in [0.1, 0.15) is 62.6 Å². The van der Waals surface area contributed by atoms with Gasteiger partial charge in [-0.3, -0.25) is 4.79 Å². The van der Waals surface area contributed by atoms with E-state index in [2.05, 4.69) is 0 Å². The molecule has 0 saturated carbocycles. The van der Waals surface area contributed by atoms with Gasteiger partial charge in [0.15, 0.2) is 0 Å². The number of sulfonamides is 1. The molecule has 0 atom stereocenters. The first-order chi connectivity index (χ1) is 17.3. The van der Waals surface area contributed by atoms with Crippen molar-refractivity contribution in [1.29, 1.82) is 0 Å². The molecule has 0 unspecified atom stereocenters. The van der Waals surface area contributed by atoms with E-state index in [1.807, 2.05) is 32.9 Å². The Morgan fingerprint density at radius 2 is 1.56 bits per heavy atom. The largest absolute Gasteiger partial charge is 0.466 e. The van der Waals surface area contributed by atoms with Gasteiger partial charge in [0.25, 0.3) is 0 Å². The van der Waals surface area contributed by atoms with Crippen molar-refractivity contribution < 1.29 is 27.5 Å². The molecule has 0 fully saturated rings. The Balaban J connectivity index is 2.26. The summed E-state index contributed by atoms with van der Waals surface area (Å²) in [5, 5.41) is 0. The van der Waals surface area contributed by atoms with E-state index >= 15 is 0 Å². The van der Waals surface area contributed by atoms with E-state index in [0.29, 0.717) is 24.3 Å². The molecule has 0 aromatic heterocycles. The smallest absolute Gasteiger partial charge is 0.330 e. The van der Waals surface area contributed by atoms with Crippen LogP contribution in [0.3, 0.4) is 0 Å². The molecule has 0 radical (unpaired) electrons. The van der Waals surface area contributed by atoms with Gasteiger partial charge in [-0.15, -0.1) is 0 Å². The van der Waals surface area contributed by atoms with Crippen molar-refractivity contribution in [3.05, 3.63) is 71.3 Å². The van der Waals surface area contributed by atoms with Crippen LogP contribution >= 0.6 is 0 Å². The lowest BCUT2D eigenvalue weighted by atomic mass is 10.1. The lowest BCUT2D eigenvalue weighted by molar-refractivity contribution is -0.144. The van der Waals surface area contributed by atoms with E-state index in [4.69, 9.17) is 9.47 Å². The number of benzene rings is 2. The highest BCUT2D eigenvalue weighted by atomic mass is 32.2. The summed E-state index contributed by atoms with van der Waals surface area (Å²) >= 11 is 0. The normalized spacial score (nSPS) is 11.7. The Labute approximate surface area is 215 Å². The third-order valence-corrected chi connectivity index (χ3v) is 7.39. The summed E-state index contributed by atoms with van der Waals surface area (Å²) < 4.78 is 38.7. The summed E-state index contributed by atoms with van der Waals surface area (Å²) in [5.41, 5.74) is 2.34. The Hall–Kier alpha value is -2.97. The number of carbonyl (C=O) groups is 2. The van der Waals surface area contributed by atoms with Gasteiger partial charge in [-0.2, -0.15) is 4.31 Å². The van der Waals surface area contributed by atoms with Crippen molar-refractivity contribution in [2.75, 3.05) is 19.8 Å².